The third kappa shape index (κ3) is 2.84. The fourth-order valence-electron chi connectivity index (χ4n) is 1.26. The summed E-state index contributed by atoms with van der Waals surface area (Å²) in [5.41, 5.74) is 0. The minimum absolute atomic E-state index is 0.0543. The molecule has 0 unspecified atom stereocenters. The second-order valence-corrected chi connectivity index (χ2v) is 5.65. The Kier molecular flexibility index (Phi) is 3.60. The van der Waals surface area contributed by atoms with Crippen LogP contribution in [0.25, 0.3) is 0 Å². The number of hydrogen-bond acceptors (Lipinski definition) is 5. The van der Waals surface area contributed by atoms with Crippen molar-refractivity contribution in [2.45, 2.75) is 11.4 Å². The first kappa shape index (κ1) is 12.9. The van der Waals surface area contributed by atoms with Crippen molar-refractivity contribution in [3.8, 4) is 0 Å². The van der Waals surface area contributed by atoms with Gasteiger partial charge in [-0.1, -0.05) is 11.6 Å². The van der Waals surface area contributed by atoms with Crippen molar-refractivity contribution in [3.63, 3.8) is 0 Å². The van der Waals surface area contributed by atoms with E-state index in [1.165, 1.54) is 24.7 Å². The molecule has 96 valence electrons. The van der Waals surface area contributed by atoms with E-state index in [4.69, 9.17) is 11.6 Å². The first-order valence-electron chi connectivity index (χ1n) is 4.93. The van der Waals surface area contributed by atoms with Gasteiger partial charge in [-0.15, -0.1) is 10.2 Å². The molecular formula is C9H10ClN5O2S. The first-order valence-corrected chi connectivity index (χ1v) is 6.79. The van der Waals surface area contributed by atoms with E-state index in [-0.39, 0.29) is 16.6 Å². The molecule has 0 aromatic carbocycles. The molecule has 0 aliphatic rings. The van der Waals surface area contributed by atoms with Gasteiger partial charge in [-0.25, -0.2) is 18.1 Å². The standard InChI is InChI=1S/C9H10ClN5O2S/c1-15-6-12-14-9(15)5-13-18(16,17)7-2-3-11-8(10)4-7/h2-4,6,13H,5H2,1H3. The van der Waals surface area contributed by atoms with Gasteiger partial charge >= 0.3 is 0 Å². The Balaban J connectivity index is 2.16. The number of aromatic nitrogens is 4. The van der Waals surface area contributed by atoms with E-state index in [1.807, 2.05) is 0 Å². The molecule has 0 atom stereocenters. The highest BCUT2D eigenvalue weighted by molar-refractivity contribution is 7.89. The molecule has 2 heterocycles. The van der Waals surface area contributed by atoms with E-state index >= 15 is 0 Å². The summed E-state index contributed by atoms with van der Waals surface area (Å²) in [5.74, 6) is 0.513. The van der Waals surface area contributed by atoms with Crippen LogP contribution in [0.2, 0.25) is 5.15 Å². The Hall–Kier alpha value is -1.51. The topological polar surface area (TPSA) is 89.8 Å². The second kappa shape index (κ2) is 5.01. The van der Waals surface area contributed by atoms with Crippen molar-refractivity contribution in [2.75, 3.05) is 0 Å². The number of halogens is 1. The molecule has 9 heteroatoms. The van der Waals surface area contributed by atoms with Crippen molar-refractivity contribution < 1.29 is 8.42 Å². The number of hydrogen-bond donors (Lipinski definition) is 1. The first-order chi connectivity index (χ1) is 8.49. The van der Waals surface area contributed by atoms with Crippen LogP contribution in [0, 0.1) is 0 Å². The van der Waals surface area contributed by atoms with Crippen molar-refractivity contribution in [1.82, 2.24) is 24.5 Å². The van der Waals surface area contributed by atoms with E-state index in [9.17, 15) is 8.42 Å². The zero-order valence-corrected chi connectivity index (χ0v) is 11.0. The van der Waals surface area contributed by atoms with Gasteiger partial charge in [0, 0.05) is 13.2 Å². The fourth-order valence-corrected chi connectivity index (χ4v) is 2.49. The van der Waals surface area contributed by atoms with Crippen molar-refractivity contribution in [3.05, 3.63) is 35.6 Å². The van der Waals surface area contributed by atoms with Crippen LogP contribution in [0.5, 0.6) is 0 Å². The number of nitrogens with zero attached hydrogens (tertiary/aromatic N) is 4. The van der Waals surface area contributed by atoms with Crippen LogP contribution in [0.4, 0.5) is 0 Å². The summed E-state index contributed by atoms with van der Waals surface area (Å²) in [6.45, 7) is 0.0543. The minimum atomic E-state index is -3.63. The maximum atomic E-state index is 11.9. The Morgan fingerprint density at radius 1 is 1.50 bits per heavy atom. The molecule has 7 nitrogen and oxygen atoms in total. The van der Waals surface area contributed by atoms with Crippen LogP contribution in [-0.4, -0.2) is 28.2 Å². The molecule has 0 radical (unpaired) electrons. The Labute approximate surface area is 109 Å². The van der Waals surface area contributed by atoms with Crippen LogP contribution in [0.3, 0.4) is 0 Å². The molecule has 2 aromatic heterocycles. The fraction of sp³-hybridized carbons (Fsp3) is 0.222. The van der Waals surface area contributed by atoms with E-state index in [0.717, 1.165) is 0 Å². The molecule has 2 aromatic rings. The number of rotatable bonds is 4. The van der Waals surface area contributed by atoms with Gasteiger partial charge in [-0.2, -0.15) is 0 Å². The van der Waals surface area contributed by atoms with E-state index < -0.39 is 10.0 Å². The Bertz CT molecular complexity index is 654. The summed E-state index contributed by atoms with van der Waals surface area (Å²) in [6.07, 6.45) is 2.83. The van der Waals surface area contributed by atoms with Crippen molar-refractivity contribution in [1.29, 1.82) is 0 Å². The van der Waals surface area contributed by atoms with Gasteiger partial charge in [0.1, 0.15) is 17.3 Å². The summed E-state index contributed by atoms with van der Waals surface area (Å²) in [7, 11) is -1.90. The number of nitrogens with one attached hydrogen (secondary N) is 1. The lowest BCUT2D eigenvalue weighted by Gasteiger charge is -2.06. The molecule has 0 amide bonds. The number of aryl methyl sites for hydroxylation is 1. The Morgan fingerprint density at radius 2 is 2.28 bits per heavy atom. The molecule has 0 aliphatic carbocycles. The molecule has 0 saturated heterocycles. The Morgan fingerprint density at radius 3 is 2.89 bits per heavy atom. The van der Waals surface area contributed by atoms with Gasteiger partial charge < -0.3 is 4.57 Å². The molecule has 1 N–H and O–H groups in total. The van der Waals surface area contributed by atoms with Crippen LogP contribution in [0.1, 0.15) is 5.82 Å². The maximum Gasteiger partial charge on any atom is 0.241 e. The average Bonchev–Trinajstić information content (AvgIpc) is 2.72. The van der Waals surface area contributed by atoms with Gasteiger partial charge in [-0.05, 0) is 12.1 Å². The second-order valence-electron chi connectivity index (χ2n) is 3.50. The third-order valence-corrected chi connectivity index (χ3v) is 3.84. The molecule has 0 fully saturated rings. The summed E-state index contributed by atoms with van der Waals surface area (Å²) in [6, 6.07) is 2.64. The zero-order chi connectivity index (χ0) is 13.2. The average molecular weight is 288 g/mol. The van der Waals surface area contributed by atoms with E-state index in [0.29, 0.717) is 5.82 Å². The van der Waals surface area contributed by atoms with Gasteiger partial charge in [0.25, 0.3) is 0 Å². The van der Waals surface area contributed by atoms with E-state index in [2.05, 4.69) is 19.9 Å². The van der Waals surface area contributed by atoms with Gasteiger partial charge in [-0.3, -0.25) is 0 Å². The molecule has 0 aliphatic heterocycles. The van der Waals surface area contributed by atoms with Crippen molar-refractivity contribution >= 4 is 21.6 Å². The molecule has 18 heavy (non-hydrogen) atoms. The van der Waals surface area contributed by atoms with Crippen LogP contribution in [0.15, 0.2) is 29.6 Å². The normalized spacial score (nSPS) is 11.7. The molecule has 2 rings (SSSR count). The van der Waals surface area contributed by atoms with Crippen LogP contribution in [-0.2, 0) is 23.6 Å². The summed E-state index contributed by atoms with van der Waals surface area (Å²) in [4.78, 5) is 3.78. The highest BCUT2D eigenvalue weighted by Crippen LogP contribution is 2.12. The lowest BCUT2D eigenvalue weighted by Crippen LogP contribution is -2.24. The lowest BCUT2D eigenvalue weighted by molar-refractivity contribution is 0.577. The van der Waals surface area contributed by atoms with Crippen molar-refractivity contribution in [2.24, 2.45) is 7.05 Å². The predicted octanol–water partition coefficient (Wildman–Crippen LogP) is 0.342. The zero-order valence-electron chi connectivity index (χ0n) is 9.41. The van der Waals surface area contributed by atoms with Crippen LogP contribution < -0.4 is 4.72 Å². The van der Waals surface area contributed by atoms with E-state index in [1.54, 1.807) is 11.6 Å². The monoisotopic (exact) mass is 287 g/mol. The summed E-state index contributed by atoms with van der Waals surface area (Å²) < 4.78 is 27.9. The predicted molar refractivity (Wildman–Crippen MR) is 64.3 cm³/mol. The SMILES string of the molecule is Cn1cnnc1CNS(=O)(=O)c1ccnc(Cl)c1. The molecule has 0 saturated carbocycles. The molecular weight excluding hydrogens is 278 g/mol. The quantitative estimate of drug-likeness (QED) is 0.819. The third-order valence-electron chi connectivity index (χ3n) is 2.23. The minimum Gasteiger partial charge on any atom is -0.320 e. The molecule has 0 spiro atoms. The molecule has 0 bridgehead atoms. The van der Waals surface area contributed by atoms with Gasteiger partial charge in [0.15, 0.2) is 0 Å². The smallest absolute Gasteiger partial charge is 0.241 e. The highest BCUT2D eigenvalue weighted by Gasteiger charge is 2.15. The van der Waals surface area contributed by atoms with Gasteiger partial charge in [0.05, 0.1) is 11.4 Å². The lowest BCUT2D eigenvalue weighted by atomic mass is 10.5. The number of sulfonamides is 1. The summed E-state index contributed by atoms with van der Waals surface area (Å²) >= 11 is 5.65. The maximum absolute atomic E-state index is 11.9. The largest absolute Gasteiger partial charge is 0.320 e. The van der Waals surface area contributed by atoms with Gasteiger partial charge in [0.2, 0.25) is 10.0 Å². The summed E-state index contributed by atoms with van der Waals surface area (Å²) in [5, 5.41) is 7.56. The van der Waals surface area contributed by atoms with Crippen LogP contribution >= 0.6 is 11.6 Å². The number of pyridine rings is 1. The highest BCUT2D eigenvalue weighted by atomic mass is 35.5.